The molecule has 3 N–H and O–H groups in total. The lowest BCUT2D eigenvalue weighted by Gasteiger charge is -2.28. The van der Waals surface area contributed by atoms with E-state index >= 15 is 0 Å². The fraction of sp³-hybridized carbons (Fsp3) is 0.889. The Bertz CT molecular complexity index is 172. The monoisotopic (exact) mass is 185 g/mol. The average Bonchev–Trinajstić information content (AvgIpc) is 2.14. The Kier molecular flexibility index (Phi) is 4.02. The van der Waals surface area contributed by atoms with Crippen LogP contribution in [0.4, 0.5) is 4.79 Å². The van der Waals surface area contributed by atoms with Gasteiger partial charge in [-0.1, -0.05) is 6.92 Å². The van der Waals surface area contributed by atoms with Crippen molar-refractivity contribution in [2.75, 3.05) is 20.1 Å². The molecule has 1 aliphatic heterocycles. The molecule has 0 spiro atoms. The molecule has 0 radical (unpaired) electrons. The van der Waals surface area contributed by atoms with Gasteiger partial charge in [-0.15, -0.1) is 0 Å². The third-order valence-corrected chi connectivity index (χ3v) is 2.49. The van der Waals surface area contributed by atoms with Crippen molar-refractivity contribution in [3.05, 3.63) is 0 Å². The maximum absolute atomic E-state index is 10.9. The molecule has 0 aromatic heterocycles. The van der Waals surface area contributed by atoms with Crippen LogP contribution in [0.1, 0.15) is 19.8 Å². The first-order chi connectivity index (χ1) is 6.22. The highest BCUT2D eigenvalue weighted by Gasteiger charge is 2.17. The van der Waals surface area contributed by atoms with Crippen molar-refractivity contribution < 1.29 is 4.79 Å². The summed E-state index contributed by atoms with van der Waals surface area (Å²) in [4.78, 5) is 10.9. The van der Waals surface area contributed by atoms with Crippen LogP contribution in [0.2, 0.25) is 0 Å². The zero-order valence-corrected chi connectivity index (χ0v) is 8.39. The van der Waals surface area contributed by atoms with E-state index < -0.39 is 0 Å². The van der Waals surface area contributed by atoms with E-state index in [0.717, 1.165) is 25.4 Å². The summed E-state index contributed by atoms with van der Waals surface area (Å²) >= 11 is 0. The van der Waals surface area contributed by atoms with Crippen LogP contribution >= 0.6 is 0 Å². The fourth-order valence-electron chi connectivity index (χ4n) is 1.68. The standard InChI is InChI=1S/C9H19N3O/c1-7-3-4-11-8(5-7)6-12-9(13)10-2/h7-8,11H,3-6H2,1-2H3,(H2,10,12,13). The van der Waals surface area contributed by atoms with Crippen LogP contribution in [0.15, 0.2) is 0 Å². The van der Waals surface area contributed by atoms with Crippen molar-refractivity contribution in [1.82, 2.24) is 16.0 Å². The Labute approximate surface area is 79.5 Å². The number of hydrogen-bond acceptors (Lipinski definition) is 2. The summed E-state index contributed by atoms with van der Waals surface area (Å²) in [7, 11) is 1.63. The van der Waals surface area contributed by atoms with Gasteiger partial charge in [-0.25, -0.2) is 4.79 Å². The Hall–Kier alpha value is -0.770. The lowest BCUT2D eigenvalue weighted by atomic mass is 9.94. The van der Waals surface area contributed by atoms with Crippen LogP contribution < -0.4 is 16.0 Å². The van der Waals surface area contributed by atoms with Gasteiger partial charge in [0.05, 0.1) is 0 Å². The summed E-state index contributed by atoms with van der Waals surface area (Å²) in [6.45, 7) is 4.05. The number of hydrogen-bond donors (Lipinski definition) is 3. The van der Waals surface area contributed by atoms with Gasteiger partial charge in [0.2, 0.25) is 0 Å². The van der Waals surface area contributed by atoms with Gasteiger partial charge >= 0.3 is 6.03 Å². The molecule has 4 heteroatoms. The van der Waals surface area contributed by atoms with Crippen LogP contribution in [0.5, 0.6) is 0 Å². The molecule has 1 aliphatic rings. The SMILES string of the molecule is CNC(=O)NCC1CC(C)CCN1. The summed E-state index contributed by atoms with van der Waals surface area (Å²) < 4.78 is 0. The maximum Gasteiger partial charge on any atom is 0.314 e. The molecule has 4 nitrogen and oxygen atoms in total. The predicted molar refractivity (Wildman–Crippen MR) is 52.6 cm³/mol. The minimum absolute atomic E-state index is 0.0972. The number of urea groups is 1. The Balaban J connectivity index is 2.17. The highest BCUT2D eigenvalue weighted by Crippen LogP contribution is 2.14. The minimum atomic E-state index is -0.0972. The van der Waals surface area contributed by atoms with Crippen LogP contribution in [0.25, 0.3) is 0 Å². The van der Waals surface area contributed by atoms with Crippen LogP contribution in [-0.4, -0.2) is 32.2 Å². The quantitative estimate of drug-likeness (QED) is 0.579. The van der Waals surface area contributed by atoms with Crippen molar-refractivity contribution in [2.24, 2.45) is 5.92 Å². The second-order valence-electron chi connectivity index (χ2n) is 3.74. The number of amides is 2. The minimum Gasteiger partial charge on any atom is -0.341 e. The molecule has 0 saturated carbocycles. The van der Waals surface area contributed by atoms with Crippen LogP contribution in [0, 0.1) is 5.92 Å². The lowest BCUT2D eigenvalue weighted by molar-refractivity contribution is 0.238. The summed E-state index contributed by atoms with van der Waals surface area (Å²) in [5.74, 6) is 0.776. The first-order valence-corrected chi connectivity index (χ1v) is 4.91. The molecule has 0 aromatic rings. The van der Waals surface area contributed by atoms with Crippen molar-refractivity contribution in [3.63, 3.8) is 0 Å². The highest BCUT2D eigenvalue weighted by atomic mass is 16.2. The second kappa shape index (κ2) is 5.07. The molecule has 1 heterocycles. The lowest BCUT2D eigenvalue weighted by Crippen LogP contribution is -2.47. The first kappa shape index (κ1) is 10.3. The number of carbonyl (C=O) groups excluding carboxylic acids is 1. The molecule has 2 atom stereocenters. The van der Waals surface area contributed by atoms with E-state index in [2.05, 4.69) is 22.9 Å². The van der Waals surface area contributed by atoms with Gasteiger partial charge < -0.3 is 16.0 Å². The molecule has 76 valence electrons. The van der Waals surface area contributed by atoms with E-state index in [-0.39, 0.29) is 6.03 Å². The highest BCUT2D eigenvalue weighted by molar-refractivity contribution is 5.73. The number of nitrogens with one attached hydrogen (secondary N) is 3. The molecule has 1 rings (SSSR count). The number of rotatable bonds is 2. The summed E-state index contributed by atoms with van der Waals surface area (Å²) in [5, 5.41) is 8.73. The zero-order chi connectivity index (χ0) is 9.68. The largest absolute Gasteiger partial charge is 0.341 e. The molecule has 2 unspecified atom stereocenters. The Morgan fingerprint density at radius 2 is 2.38 bits per heavy atom. The molecule has 1 saturated heterocycles. The summed E-state index contributed by atoms with van der Waals surface area (Å²) in [6, 6.07) is 0.348. The fourth-order valence-corrected chi connectivity index (χ4v) is 1.68. The van der Waals surface area contributed by atoms with Crippen molar-refractivity contribution in [2.45, 2.75) is 25.8 Å². The molecule has 0 aromatic carbocycles. The van der Waals surface area contributed by atoms with E-state index in [0.29, 0.717) is 6.04 Å². The number of piperidine rings is 1. The van der Waals surface area contributed by atoms with Crippen LogP contribution in [-0.2, 0) is 0 Å². The van der Waals surface area contributed by atoms with E-state index in [4.69, 9.17) is 0 Å². The van der Waals surface area contributed by atoms with Gasteiger partial charge in [0, 0.05) is 19.6 Å². The van der Waals surface area contributed by atoms with E-state index in [1.54, 1.807) is 7.05 Å². The van der Waals surface area contributed by atoms with E-state index in [1.807, 2.05) is 0 Å². The van der Waals surface area contributed by atoms with Gasteiger partial charge in [0.1, 0.15) is 0 Å². The molecular formula is C9H19N3O. The Morgan fingerprint density at radius 1 is 1.62 bits per heavy atom. The summed E-state index contributed by atoms with van der Waals surface area (Å²) in [5.41, 5.74) is 0. The second-order valence-corrected chi connectivity index (χ2v) is 3.74. The van der Waals surface area contributed by atoms with Gasteiger partial charge in [-0.05, 0) is 25.3 Å². The number of carbonyl (C=O) groups is 1. The van der Waals surface area contributed by atoms with E-state index in [1.165, 1.54) is 6.42 Å². The molecule has 0 aliphatic carbocycles. The summed E-state index contributed by atoms with van der Waals surface area (Å²) in [6.07, 6.45) is 2.40. The molecule has 1 fully saturated rings. The van der Waals surface area contributed by atoms with Gasteiger partial charge in [0.15, 0.2) is 0 Å². The first-order valence-electron chi connectivity index (χ1n) is 4.91. The van der Waals surface area contributed by atoms with Gasteiger partial charge in [0.25, 0.3) is 0 Å². The predicted octanol–water partition coefficient (Wildman–Crippen LogP) is 0.304. The maximum atomic E-state index is 10.9. The van der Waals surface area contributed by atoms with E-state index in [9.17, 15) is 4.79 Å². The smallest absolute Gasteiger partial charge is 0.314 e. The zero-order valence-electron chi connectivity index (χ0n) is 8.39. The van der Waals surface area contributed by atoms with Crippen molar-refractivity contribution in [1.29, 1.82) is 0 Å². The molecule has 0 bridgehead atoms. The van der Waals surface area contributed by atoms with Gasteiger partial charge in [-0.3, -0.25) is 0 Å². The van der Waals surface area contributed by atoms with Crippen LogP contribution in [0.3, 0.4) is 0 Å². The molecular weight excluding hydrogens is 166 g/mol. The Morgan fingerprint density at radius 3 is 3.00 bits per heavy atom. The molecule has 13 heavy (non-hydrogen) atoms. The van der Waals surface area contributed by atoms with Gasteiger partial charge in [-0.2, -0.15) is 0 Å². The van der Waals surface area contributed by atoms with Crippen molar-refractivity contribution >= 4 is 6.03 Å². The molecule has 2 amide bonds. The third kappa shape index (κ3) is 3.63. The topological polar surface area (TPSA) is 53.2 Å². The normalized spacial score (nSPS) is 28.2. The average molecular weight is 185 g/mol. The third-order valence-electron chi connectivity index (χ3n) is 2.49. The van der Waals surface area contributed by atoms with Crippen molar-refractivity contribution in [3.8, 4) is 0 Å².